The van der Waals surface area contributed by atoms with Gasteiger partial charge in [-0.25, -0.2) is 4.63 Å². The standard InChI is InChI=1S/C12H22N4O/c1-9(2)16(7-11-5-4-6-13-11)8-12-10(3)14-17-15-12/h9,11,13H,4-8H2,1-3H3. The maximum atomic E-state index is 4.75. The molecule has 1 fully saturated rings. The molecule has 1 aliphatic heterocycles. The van der Waals surface area contributed by atoms with Crippen molar-refractivity contribution in [3.8, 4) is 0 Å². The van der Waals surface area contributed by atoms with Gasteiger partial charge in [0, 0.05) is 25.2 Å². The fourth-order valence-corrected chi connectivity index (χ4v) is 2.24. The highest BCUT2D eigenvalue weighted by molar-refractivity contribution is 5.04. The minimum absolute atomic E-state index is 0.508. The summed E-state index contributed by atoms with van der Waals surface area (Å²) in [5.74, 6) is 0. The van der Waals surface area contributed by atoms with E-state index in [9.17, 15) is 0 Å². The first-order valence-electron chi connectivity index (χ1n) is 6.42. The highest BCUT2D eigenvalue weighted by Gasteiger charge is 2.21. The molecule has 1 unspecified atom stereocenters. The molecule has 5 nitrogen and oxygen atoms in total. The van der Waals surface area contributed by atoms with Crippen molar-refractivity contribution in [2.24, 2.45) is 0 Å². The Kier molecular flexibility index (Phi) is 4.12. The van der Waals surface area contributed by atoms with Crippen LogP contribution in [0, 0.1) is 6.92 Å². The summed E-state index contributed by atoms with van der Waals surface area (Å²) < 4.78 is 4.75. The number of aromatic nitrogens is 2. The third-order valence-electron chi connectivity index (χ3n) is 3.45. The van der Waals surface area contributed by atoms with Crippen molar-refractivity contribution in [2.45, 2.75) is 52.2 Å². The Morgan fingerprint density at radius 2 is 2.29 bits per heavy atom. The molecule has 0 aromatic carbocycles. The van der Waals surface area contributed by atoms with E-state index in [1.54, 1.807) is 0 Å². The molecule has 5 heteroatoms. The highest BCUT2D eigenvalue weighted by Crippen LogP contribution is 2.13. The number of aryl methyl sites for hydroxylation is 1. The average molecular weight is 238 g/mol. The Morgan fingerprint density at radius 1 is 1.47 bits per heavy atom. The molecule has 1 aromatic rings. The van der Waals surface area contributed by atoms with Crippen LogP contribution in [0.2, 0.25) is 0 Å². The molecule has 0 bridgehead atoms. The van der Waals surface area contributed by atoms with Crippen molar-refractivity contribution >= 4 is 0 Å². The molecule has 96 valence electrons. The summed E-state index contributed by atoms with van der Waals surface area (Å²) >= 11 is 0. The molecule has 0 aliphatic carbocycles. The number of rotatable bonds is 5. The molecular weight excluding hydrogens is 216 g/mol. The second-order valence-electron chi connectivity index (χ2n) is 5.11. The molecule has 1 saturated heterocycles. The zero-order chi connectivity index (χ0) is 12.3. The number of hydrogen-bond acceptors (Lipinski definition) is 5. The number of nitrogens with one attached hydrogen (secondary N) is 1. The van der Waals surface area contributed by atoms with E-state index in [1.807, 2.05) is 6.92 Å². The molecule has 2 rings (SSSR count). The zero-order valence-electron chi connectivity index (χ0n) is 10.9. The first-order chi connectivity index (χ1) is 8.16. The minimum Gasteiger partial charge on any atom is -0.313 e. The van der Waals surface area contributed by atoms with Gasteiger partial charge in [0.2, 0.25) is 0 Å². The predicted molar refractivity (Wildman–Crippen MR) is 65.6 cm³/mol. The molecule has 1 atom stereocenters. The van der Waals surface area contributed by atoms with Crippen molar-refractivity contribution < 1.29 is 4.63 Å². The zero-order valence-corrected chi connectivity index (χ0v) is 10.9. The van der Waals surface area contributed by atoms with E-state index >= 15 is 0 Å². The van der Waals surface area contributed by atoms with E-state index in [4.69, 9.17) is 4.63 Å². The summed E-state index contributed by atoms with van der Waals surface area (Å²) in [4.78, 5) is 2.43. The average Bonchev–Trinajstić information content (AvgIpc) is 2.90. The molecule has 1 aromatic heterocycles. The van der Waals surface area contributed by atoms with E-state index in [2.05, 4.69) is 34.4 Å². The molecule has 0 spiro atoms. The topological polar surface area (TPSA) is 54.2 Å². The molecule has 0 radical (unpaired) electrons. The molecule has 1 N–H and O–H groups in total. The van der Waals surface area contributed by atoms with Crippen LogP contribution in [0.5, 0.6) is 0 Å². The van der Waals surface area contributed by atoms with Gasteiger partial charge in [-0.15, -0.1) is 0 Å². The van der Waals surface area contributed by atoms with Crippen molar-refractivity contribution in [3.05, 3.63) is 11.4 Å². The van der Waals surface area contributed by atoms with Gasteiger partial charge >= 0.3 is 0 Å². The van der Waals surface area contributed by atoms with E-state index < -0.39 is 0 Å². The van der Waals surface area contributed by atoms with Crippen LogP contribution in [0.25, 0.3) is 0 Å². The highest BCUT2D eigenvalue weighted by atomic mass is 16.6. The molecule has 0 amide bonds. The van der Waals surface area contributed by atoms with Gasteiger partial charge in [-0.2, -0.15) is 0 Å². The fraction of sp³-hybridized carbons (Fsp3) is 0.833. The second kappa shape index (κ2) is 5.60. The summed E-state index contributed by atoms with van der Waals surface area (Å²) in [5.41, 5.74) is 1.85. The van der Waals surface area contributed by atoms with E-state index in [0.29, 0.717) is 12.1 Å². The van der Waals surface area contributed by atoms with Gasteiger partial charge in [-0.3, -0.25) is 4.90 Å². The number of hydrogen-bond donors (Lipinski definition) is 1. The lowest BCUT2D eigenvalue weighted by Crippen LogP contribution is -2.40. The molecular formula is C12H22N4O. The van der Waals surface area contributed by atoms with Crippen LogP contribution < -0.4 is 5.32 Å². The minimum atomic E-state index is 0.508. The maximum absolute atomic E-state index is 4.75. The van der Waals surface area contributed by atoms with E-state index in [1.165, 1.54) is 12.8 Å². The van der Waals surface area contributed by atoms with Crippen molar-refractivity contribution in [1.82, 2.24) is 20.5 Å². The van der Waals surface area contributed by atoms with Crippen LogP contribution in [-0.4, -0.2) is 40.4 Å². The van der Waals surface area contributed by atoms with Crippen LogP contribution in [0.1, 0.15) is 38.1 Å². The van der Waals surface area contributed by atoms with Crippen LogP contribution in [0.3, 0.4) is 0 Å². The molecule has 0 saturated carbocycles. The summed E-state index contributed by atoms with van der Waals surface area (Å²) in [5, 5.41) is 11.3. The monoisotopic (exact) mass is 238 g/mol. The van der Waals surface area contributed by atoms with Crippen molar-refractivity contribution in [1.29, 1.82) is 0 Å². The summed E-state index contributed by atoms with van der Waals surface area (Å²) in [7, 11) is 0. The maximum Gasteiger partial charge on any atom is 0.122 e. The van der Waals surface area contributed by atoms with Gasteiger partial charge in [-0.05, 0) is 40.2 Å². The Morgan fingerprint density at radius 3 is 2.82 bits per heavy atom. The second-order valence-corrected chi connectivity index (χ2v) is 5.11. The SMILES string of the molecule is Cc1nonc1CN(CC1CCCN1)C(C)C. The molecule has 2 heterocycles. The van der Waals surface area contributed by atoms with Crippen LogP contribution in [-0.2, 0) is 6.54 Å². The smallest absolute Gasteiger partial charge is 0.122 e. The van der Waals surface area contributed by atoms with Crippen molar-refractivity contribution in [3.63, 3.8) is 0 Å². The normalized spacial score (nSPS) is 20.6. The van der Waals surface area contributed by atoms with Crippen LogP contribution in [0.15, 0.2) is 4.63 Å². The van der Waals surface area contributed by atoms with Gasteiger partial charge < -0.3 is 5.32 Å². The lowest BCUT2D eigenvalue weighted by Gasteiger charge is -2.28. The third-order valence-corrected chi connectivity index (χ3v) is 3.45. The third kappa shape index (κ3) is 3.26. The Hall–Kier alpha value is -0.940. The Labute approximate surface area is 103 Å². The Bertz CT molecular complexity index is 344. The fourth-order valence-electron chi connectivity index (χ4n) is 2.24. The van der Waals surface area contributed by atoms with Gasteiger partial charge in [0.25, 0.3) is 0 Å². The summed E-state index contributed by atoms with van der Waals surface area (Å²) in [6.45, 7) is 9.43. The van der Waals surface area contributed by atoms with Crippen LogP contribution in [0.4, 0.5) is 0 Å². The van der Waals surface area contributed by atoms with E-state index in [0.717, 1.165) is 31.0 Å². The lowest BCUT2D eigenvalue weighted by atomic mass is 10.2. The van der Waals surface area contributed by atoms with E-state index in [-0.39, 0.29) is 0 Å². The summed E-state index contributed by atoms with van der Waals surface area (Å²) in [6, 6.07) is 1.13. The van der Waals surface area contributed by atoms with Crippen LogP contribution >= 0.6 is 0 Å². The first kappa shape index (κ1) is 12.5. The van der Waals surface area contributed by atoms with Crippen molar-refractivity contribution in [2.75, 3.05) is 13.1 Å². The predicted octanol–water partition coefficient (Wildman–Crippen LogP) is 1.34. The quantitative estimate of drug-likeness (QED) is 0.839. The largest absolute Gasteiger partial charge is 0.313 e. The number of nitrogens with zero attached hydrogens (tertiary/aromatic N) is 3. The van der Waals surface area contributed by atoms with Gasteiger partial charge in [-0.1, -0.05) is 10.3 Å². The molecule has 1 aliphatic rings. The van der Waals surface area contributed by atoms with Gasteiger partial charge in [0.1, 0.15) is 11.4 Å². The lowest BCUT2D eigenvalue weighted by molar-refractivity contribution is 0.187. The Balaban J connectivity index is 1.95. The van der Waals surface area contributed by atoms with Gasteiger partial charge in [0.05, 0.1) is 0 Å². The molecule has 17 heavy (non-hydrogen) atoms. The van der Waals surface area contributed by atoms with Gasteiger partial charge in [0.15, 0.2) is 0 Å². The summed E-state index contributed by atoms with van der Waals surface area (Å²) in [6.07, 6.45) is 2.57. The first-order valence-corrected chi connectivity index (χ1v) is 6.42.